The van der Waals surface area contributed by atoms with Gasteiger partial charge in [0.05, 0.1) is 5.56 Å². The van der Waals surface area contributed by atoms with Gasteiger partial charge in [-0.25, -0.2) is 9.59 Å². The van der Waals surface area contributed by atoms with Crippen molar-refractivity contribution in [1.29, 1.82) is 0 Å². The van der Waals surface area contributed by atoms with Gasteiger partial charge in [0.2, 0.25) is 0 Å². The number of carbonyl (C=O) groups excluding carboxylic acids is 2. The third-order valence-electron chi connectivity index (χ3n) is 6.02. The van der Waals surface area contributed by atoms with Crippen LogP contribution in [0.5, 0.6) is 0 Å². The minimum Gasteiger partial charge on any atom is -0.456 e. The predicted octanol–water partition coefficient (Wildman–Crippen LogP) is 3.37. The first-order chi connectivity index (χ1) is 16.8. The van der Waals surface area contributed by atoms with Crippen LogP contribution in [0.25, 0.3) is 11.1 Å². The van der Waals surface area contributed by atoms with Crippen molar-refractivity contribution in [2.75, 3.05) is 11.9 Å². The molecule has 0 heterocycles. The fourth-order valence-corrected chi connectivity index (χ4v) is 4.41. The van der Waals surface area contributed by atoms with E-state index in [2.05, 4.69) is 5.32 Å². The summed E-state index contributed by atoms with van der Waals surface area (Å²) in [7, 11) is 0. The zero-order chi connectivity index (χ0) is 26.3. The topological polar surface area (TPSA) is 64.6 Å². The van der Waals surface area contributed by atoms with E-state index in [9.17, 15) is 22.5 Å². The second-order valence-electron chi connectivity index (χ2n) is 9.77. The molecule has 4 rings (SSSR count). The fraction of sp³-hybridized carbons (Fsp3) is 0.259. The summed E-state index contributed by atoms with van der Waals surface area (Å²) in [6, 6.07) is 17.6. The van der Waals surface area contributed by atoms with Crippen LogP contribution < -0.4 is 62.2 Å². The van der Waals surface area contributed by atoms with Gasteiger partial charge in [0.15, 0.2) is 0 Å². The summed E-state index contributed by atoms with van der Waals surface area (Å²) >= 11 is 0. The van der Waals surface area contributed by atoms with Crippen LogP contribution in [-0.2, 0) is 9.47 Å². The van der Waals surface area contributed by atoms with E-state index in [0.717, 1.165) is 28.3 Å². The minimum absolute atomic E-state index is 0. The van der Waals surface area contributed by atoms with Gasteiger partial charge >= 0.3 is 70.4 Å². The first-order valence-corrected chi connectivity index (χ1v) is 11.5. The van der Waals surface area contributed by atoms with Gasteiger partial charge in [-0.1, -0.05) is 60.2 Å². The van der Waals surface area contributed by atoms with Gasteiger partial charge in [0.1, 0.15) is 12.2 Å². The number of benzene rings is 3. The monoisotopic (exact) mass is 535 g/mol. The molecular weight excluding hydrogens is 509 g/mol. The molecule has 0 fully saturated rings. The van der Waals surface area contributed by atoms with E-state index in [4.69, 9.17) is 9.47 Å². The molecule has 1 N–H and O–H groups in total. The van der Waals surface area contributed by atoms with E-state index in [0.29, 0.717) is 0 Å². The molecule has 3 aromatic carbocycles. The molecule has 5 nitrogen and oxygen atoms in total. The Hall–Kier alpha value is -2.11. The van der Waals surface area contributed by atoms with Gasteiger partial charge < -0.3 is 22.4 Å². The van der Waals surface area contributed by atoms with E-state index in [1.807, 2.05) is 48.5 Å². The molecule has 1 aliphatic carbocycles. The maximum Gasteiger partial charge on any atom is 1.00 e. The van der Waals surface area contributed by atoms with Crippen molar-refractivity contribution >= 4 is 30.2 Å². The van der Waals surface area contributed by atoms with E-state index >= 15 is 0 Å². The quantitative estimate of drug-likeness (QED) is 0.402. The maximum absolute atomic E-state index is 13.7. The zero-order valence-electron chi connectivity index (χ0n) is 21.4. The Labute approximate surface area is 256 Å². The Balaban J connectivity index is 0.00000380. The number of hydrogen-bond acceptors (Lipinski definition) is 4. The number of halogens is 3. The average Bonchev–Trinajstić information content (AvgIpc) is 3.11. The summed E-state index contributed by atoms with van der Waals surface area (Å²) in [6.45, 7) is 0.636. The van der Waals surface area contributed by atoms with E-state index in [1.54, 1.807) is 20.8 Å². The first-order valence-electron chi connectivity index (χ1n) is 11.5. The van der Waals surface area contributed by atoms with Crippen LogP contribution in [0.3, 0.4) is 0 Å². The molecule has 0 aliphatic heterocycles. The molecule has 37 heavy (non-hydrogen) atoms. The van der Waals surface area contributed by atoms with E-state index in [1.165, 1.54) is 13.0 Å². The molecule has 0 unspecified atom stereocenters. The molecule has 188 valence electrons. The number of amides is 1. The SMILES string of the molecule is Cc1c(NC(=O)OCC2c3ccccc3-c3ccccc32)cc(C(=O)OC(C)(C)C)cc1[B-](F)(F)F.[K+]. The molecule has 0 saturated carbocycles. The second kappa shape index (κ2) is 11.3. The first kappa shape index (κ1) is 29.4. The molecule has 0 saturated heterocycles. The van der Waals surface area contributed by atoms with E-state index < -0.39 is 30.1 Å². The molecule has 1 amide bonds. The Morgan fingerprint density at radius 1 is 0.946 bits per heavy atom. The molecule has 1 aliphatic rings. The van der Waals surface area contributed by atoms with Crippen LogP contribution in [-0.4, -0.2) is 31.2 Å². The third kappa shape index (κ3) is 6.67. The van der Waals surface area contributed by atoms with Gasteiger partial charge in [-0.2, -0.15) is 0 Å². The van der Waals surface area contributed by atoms with Crippen molar-refractivity contribution in [3.63, 3.8) is 0 Å². The normalized spacial score (nSPS) is 12.7. The number of fused-ring (bicyclic) bond motifs is 3. The number of anilines is 1. The molecule has 0 aromatic heterocycles. The number of ether oxygens (including phenoxy) is 2. The van der Waals surface area contributed by atoms with Crippen LogP contribution in [0.2, 0.25) is 0 Å². The Kier molecular flexibility index (Phi) is 9.02. The Bertz CT molecular complexity index is 1290. The van der Waals surface area contributed by atoms with Crippen molar-refractivity contribution in [3.05, 3.63) is 82.9 Å². The second-order valence-corrected chi connectivity index (χ2v) is 9.77. The van der Waals surface area contributed by atoms with Crippen LogP contribution in [0.4, 0.5) is 23.4 Å². The minimum atomic E-state index is -5.45. The number of carbonyl (C=O) groups is 2. The summed E-state index contributed by atoms with van der Waals surface area (Å²) in [5.74, 6) is -1.12. The van der Waals surface area contributed by atoms with Crippen molar-refractivity contribution < 1.29 is 83.4 Å². The Morgan fingerprint density at radius 2 is 1.49 bits per heavy atom. The fourth-order valence-electron chi connectivity index (χ4n) is 4.41. The largest absolute Gasteiger partial charge is 1.00 e. The standard InChI is InChI=1S/C27H26BF3NO4.K/c1-16-23(28(29,30)31)13-17(25(33)36-27(2,3)4)14-24(16)32-26(34)35-15-22-20-11-7-5-9-18(20)19-10-6-8-12-21(19)22;/h5-14,22H,15H2,1-4H3,(H,32,34);/q-1;+1. The third-order valence-corrected chi connectivity index (χ3v) is 6.02. The molecular formula is C27H26BF3KNO4. The summed E-state index contributed by atoms with van der Waals surface area (Å²) in [4.78, 5) is 25.2. The summed E-state index contributed by atoms with van der Waals surface area (Å²) in [6.07, 6.45) is -0.915. The van der Waals surface area contributed by atoms with Gasteiger partial charge in [-0.3, -0.25) is 5.32 Å². The van der Waals surface area contributed by atoms with Crippen molar-refractivity contribution in [2.24, 2.45) is 0 Å². The zero-order valence-corrected chi connectivity index (χ0v) is 24.5. The summed E-state index contributed by atoms with van der Waals surface area (Å²) < 4.78 is 51.9. The van der Waals surface area contributed by atoms with Gasteiger partial charge in [0, 0.05) is 11.6 Å². The smallest absolute Gasteiger partial charge is 0.456 e. The molecule has 0 spiro atoms. The van der Waals surface area contributed by atoms with Crippen molar-refractivity contribution in [2.45, 2.75) is 39.2 Å². The van der Waals surface area contributed by atoms with Crippen LogP contribution in [0.1, 0.15) is 53.7 Å². The average molecular weight is 535 g/mol. The van der Waals surface area contributed by atoms with Crippen LogP contribution >= 0.6 is 0 Å². The molecule has 0 bridgehead atoms. The Morgan fingerprint density at radius 3 is 2.00 bits per heavy atom. The number of nitrogens with one attached hydrogen (secondary N) is 1. The summed E-state index contributed by atoms with van der Waals surface area (Å²) in [5, 5.41) is 2.39. The van der Waals surface area contributed by atoms with Gasteiger partial charge in [0.25, 0.3) is 0 Å². The number of rotatable bonds is 5. The van der Waals surface area contributed by atoms with Gasteiger partial charge in [-0.05, 0) is 56.0 Å². The maximum atomic E-state index is 13.7. The van der Waals surface area contributed by atoms with Gasteiger partial charge in [-0.15, -0.1) is 5.46 Å². The molecule has 10 heteroatoms. The number of hydrogen-bond donors (Lipinski definition) is 1. The van der Waals surface area contributed by atoms with Crippen molar-refractivity contribution in [1.82, 2.24) is 0 Å². The van der Waals surface area contributed by atoms with Crippen LogP contribution in [0, 0.1) is 6.92 Å². The van der Waals surface area contributed by atoms with Crippen molar-refractivity contribution in [3.8, 4) is 11.1 Å². The summed E-state index contributed by atoms with van der Waals surface area (Å²) in [5.41, 5.74) is 1.58. The predicted molar refractivity (Wildman–Crippen MR) is 134 cm³/mol. The number of esters is 1. The molecule has 3 aromatic rings. The van der Waals surface area contributed by atoms with Crippen LogP contribution in [0.15, 0.2) is 60.7 Å². The van der Waals surface area contributed by atoms with E-state index in [-0.39, 0.29) is 80.7 Å². The molecule has 0 radical (unpaired) electrons. The molecule has 0 atom stereocenters.